The van der Waals surface area contributed by atoms with Crippen LogP contribution in [0, 0.1) is 5.41 Å². The molecule has 0 amide bonds. The summed E-state index contributed by atoms with van der Waals surface area (Å²) in [5.41, 5.74) is 2.70. The number of carbonyl (C=O) groups is 2. The first-order valence-corrected chi connectivity index (χ1v) is 21.7. The lowest BCUT2D eigenvalue weighted by molar-refractivity contribution is -0.338. The van der Waals surface area contributed by atoms with Gasteiger partial charge in [-0.25, -0.2) is 4.79 Å². The summed E-state index contributed by atoms with van der Waals surface area (Å²) in [6.07, 6.45) is 7.22. The van der Waals surface area contributed by atoms with Crippen LogP contribution < -0.4 is 0 Å². The van der Waals surface area contributed by atoms with E-state index in [1.165, 1.54) is 27.2 Å². The van der Waals surface area contributed by atoms with Crippen molar-refractivity contribution < 1.29 is 61.6 Å². The Hall–Kier alpha value is -2.38. The third-order valence-corrected chi connectivity index (χ3v) is 12.1. The molecule has 13 nitrogen and oxygen atoms in total. The van der Waals surface area contributed by atoms with Gasteiger partial charge in [-0.05, 0) is 56.6 Å². The highest BCUT2D eigenvalue weighted by molar-refractivity contribution is 7.10. The molecule has 0 bridgehead atoms. The molecule has 0 radical (unpaired) electrons. The molecule has 0 aliphatic carbocycles. The Morgan fingerprint density at radius 2 is 1.65 bits per heavy atom. The molecule has 4 rings (SSSR count). The first kappa shape index (κ1) is 50.3. The zero-order valence-electron chi connectivity index (χ0n) is 36.2. The summed E-state index contributed by atoms with van der Waals surface area (Å²) in [5, 5.41) is 9.45. The number of aliphatic hydroxyl groups excluding tert-OH is 1. The van der Waals surface area contributed by atoms with E-state index in [-0.39, 0.29) is 50.3 Å². The second-order valence-corrected chi connectivity index (χ2v) is 17.1. The number of methoxy groups -OCH3 is 2. The molecule has 3 saturated heterocycles. The van der Waals surface area contributed by atoms with E-state index in [0.29, 0.717) is 50.7 Å². The van der Waals surface area contributed by atoms with Crippen LogP contribution in [0.25, 0.3) is 0 Å². The van der Waals surface area contributed by atoms with Crippen molar-refractivity contribution in [3.05, 3.63) is 84.0 Å². The summed E-state index contributed by atoms with van der Waals surface area (Å²) >= 11 is 0. The van der Waals surface area contributed by atoms with Crippen LogP contribution in [0.1, 0.15) is 91.0 Å². The summed E-state index contributed by atoms with van der Waals surface area (Å²) < 4.78 is 60.6. The van der Waals surface area contributed by atoms with Crippen LogP contribution in [0.3, 0.4) is 0 Å². The van der Waals surface area contributed by atoms with Crippen molar-refractivity contribution >= 4 is 30.9 Å². The fourth-order valence-electron chi connectivity index (χ4n) is 8.38. The van der Waals surface area contributed by atoms with Crippen LogP contribution in [-0.4, -0.2) is 105 Å². The molecule has 12 atom stereocenters. The van der Waals surface area contributed by atoms with Gasteiger partial charge < -0.3 is 52.0 Å². The predicted octanol–water partition coefficient (Wildman–Crippen LogP) is 7.42. The molecule has 3 aliphatic heterocycles. The number of aliphatic hydroxyl groups is 1. The van der Waals surface area contributed by atoms with E-state index < -0.39 is 47.6 Å². The van der Waals surface area contributed by atoms with Crippen molar-refractivity contribution in [3.8, 4) is 0 Å². The highest BCUT2D eigenvalue weighted by Gasteiger charge is 2.59. The summed E-state index contributed by atoms with van der Waals surface area (Å²) in [5.74, 6) is -2.79. The highest BCUT2D eigenvalue weighted by Crippen LogP contribution is 2.49. The minimum atomic E-state index is -1.61. The Bertz CT molecular complexity index is 1600. The molecule has 0 aromatic heterocycles. The van der Waals surface area contributed by atoms with Gasteiger partial charge in [0.15, 0.2) is 6.10 Å². The molecule has 3 heterocycles. The molecule has 0 saturated carbocycles. The van der Waals surface area contributed by atoms with Gasteiger partial charge in [0, 0.05) is 70.3 Å². The summed E-state index contributed by atoms with van der Waals surface area (Å²) in [6.45, 7) is 16.2. The molecule has 1 aromatic rings. The number of carbonyl (C=O) groups excluding carboxylic acids is 2. The molecular weight excluding hydrogens is 810 g/mol. The molecule has 15 heteroatoms. The maximum absolute atomic E-state index is 12.8. The van der Waals surface area contributed by atoms with E-state index in [2.05, 4.69) is 32.1 Å². The molecule has 1 aromatic carbocycles. The lowest BCUT2D eigenvalue weighted by Gasteiger charge is -2.53. The van der Waals surface area contributed by atoms with Crippen molar-refractivity contribution in [2.24, 2.45) is 5.41 Å². The predicted molar refractivity (Wildman–Crippen MR) is 233 cm³/mol. The fourth-order valence-corrected chi connectivity index (χ4v) is 8.96. The number of esters is 2. The Morgan fingerprint density at radius 3 is 2.28 bits per heavy atom. The normalized spacial score (nSPS) is 28.7. The minimum Gasteiger partial charge on any atom is -0.466 e. The van der Waals surface area contributed by atoms with Gasteiger partial charge in [0.25, 0.3) is 0 Å². The second kappa shape index (κ2) is 24.5. The average molecular weight is 879 g/mol. The van der Waals surface area contributed by atoms with Gasteiger partial charge in [-0.2, -0.15) is 0 Å². The van der Waals surface area contributed by atoms with Crippen LogP contribution >= 0.6 is 18.9 Å². The minimum absolute atomic E-state index is 0.0441. The SMILES string of the molecule is C=C1CC(C[C@H](CCO)OP)O[C@@H](C[C@@H]2CC(=C)C[C@H](/C=C/C(C)(C)[C@]3(OC)O[C@H](C[C@@H](OP)[C@@H](C)OCOCc4ccccc4)C/C(=C\C(=O)OC)[C@@H]3OC(C)=O)O2)C1. The maximum Gasteiger partial charge on any atom is 0.330 e. The molecule has 336 valence electrons. The monoisotopic (exact) mass is 878 g/mol. The molecule has 60 heavy (non-hydrogen) atoms. The van der Waals surface area contributed by atoms with E-state index in [4.69, 9.17) is 46.9 Å². The van der Waals surface area contributed by atoms with Crippen LogP contribution in [0.2, 0.25) is 0 Å². The first-order valence-electron chi connectivity index (χ1n) is 20.7. The van der Waals surface area contributed by atoms with E-state index in [1.54, 1.807) is 0 Å². The van der Waals surface area contributed by atoms with Gasteiger partial charge in [0.2, 0.25) is 5.79 Å². The summed E-state index contributed by atoms with van der Waals surface area (Å²) in [4.78, 5) is 25.5. The number of hydrogen-bond donors (Lipinski definition) is 1. The van der Waals surface area contributed by atoms with Crippen molar-refractivity contribution in [2.45, 2.75) is 153 Å². The topological polar surface area (TPSA) is 147 Å². The zero-order chi connectivity index (χ0) is 43.9. The van der Waals surface area contributed by atoms with Crippen molar-refractivity contribution in [1.29, 1.82) is 0 Å². The standard InChI is InChI=1S/C45H68O13P2/c1-29-18-35(54-38(19-29)25-39-21-30(2)20-37(55-39)24-36(57-59)15-17-46)14-16-44(5,6)45(50-8)43(53-32(4)47)34(23-42(48)49-7)22-40(56-45)26-41(58-60)31(3)52-28-51-27-33-12-10-9-11-13-33/h9-14,16,23,31,35-41,43,46H,1-2,15,17-22,24-28,59-60H2,3-8H3/b16-14+,34-23+/t31-,35+,36+,37?,38+,39-,40+,41-,43+,45-/m1/s1. The fraction of sp³-hybridized carbons (Fsp3) is 0.644. The number of benzene rings is 1. The number of ether oxygens (including phenoxy) is 8. The van der Waals surface area contributed by atoms with Crippen LogP contribution in [0.4, 0.5) is 0 Å². The van der Waals surface area contributed by atoms with Crippen LogP contribution in [0.5, 0.6) is 0 Å². The smallest absolute Gasteiger partial charge is 0.330 e. The van der Waals surface area contributed by atoms with E-state index in [9.17, 15) is 14.7 Å². The molecular formula is C45H68O13P2. The van der Waals surface area contributed by atoms with Crippen LogP contribution in [-0.2, 0) is 63.1 Å². The molecule has 3 aliphatic rings. The lowest BCUT2D eigenvalue weighted by Crippen LogP contribution is -2.63. The van der Waals surface area contributed by atoms with Crippen molar-refractivity contribution in [2.75, 3.05) is 27.6 Å². The van der Waals surface area contributed by atoms with Gasteiger partial charge in [0.05, 0.1) is 62.5 Å². The summed E-state index contributed by atoms with van der Waals surface area (Å²) in [6, 6.07) is 9.82. The Kier molecular flexibility index (Phi) is 20.5. The van der Waals surface area contributed by atoms with E-state index in [0.717, 1.165) is 29.6 Å². The number of hydrogen-bond acceptors (Lipinski definition) is 13. The molecule has 1 N–H and O–H groups in total. The number of rotatable bonds is 22. The van der Waals surface area contributed by atoms with Gasteiger partial charge in [-0.3, -0.25) is 4.79 Å². The highest BCUT2D eigenvalue weighted by atomic mass is 31.0. The van der Waals surface area contributed by atoms with Gasteiger partial charge >= 0.3 is 11.9 Å². The van der Waals surface area contributed by atoms with E-state index >= 15 is 0 Å². The van der Waals surface area contributed by atoms with Gasteiger partial charge in [-0.15, -0.1) is 0 Å². The molecule has 3 fully saturated rings. The van der Waals surface area contributed by atoms with Crippen molar-refractivity contribution in [3.63, 3.8) is 0 Å². The maximum atomic E-state index is 12.8. The molecule has 3 unspecified atom stereocenters. The summed E-state index contributed by atoms with van der Waals surface area (Å²) in [7, 11) is 7.40. The Morgan fingerprint density at radius 1 is 0.967 bits per heavy atom. The zero-order valence-corrected chi connectivity index (χ0v) is 38.5. The van der Waals surface area contributed by atoms with Crippen LogP contribution in [0.15, 0.2) is 78.4 Å². The second-order valence-electron chi connectivity index (χ2n) is 16.6. The van der Waals surface area contributed by atoms with Gasteiger partial charge in [0.1, 0.15) is 6.79 Å². The average Bonchev–Trinajstić information content (AvgIpc) is 3.21. The molecule has 0 spiro atoms. The van der Waals surface area contributed by atoms with E-state index in [1.807, 2.05) is 63.3 Å². The van der Waals surface area contributed by atoms with Crippen molar-refractivity contribution in [1.82, 2.24) is 0 Å². The van der Waals surface area contributed by atoms with Gasteiger partial charge in [-0.1, -0.05) is 80.6 Å². The largest absolute Gasteiger partial charge is 0.466 e. The quantitative estimate of drug-likeness (QED) is 0.0308. The Balaban J connectivity index is 1.53. The third-order valence-electron chi connectivity index (χ3n) is 11.4. The Labute approximate surface area is 361 Å². The lowest BCUT2D eigenvalue weighted by atomic mass is 9.73. The first-order chi connectivity index (χ1) is 28.6. The third kappa shape index (κ3) is 14.6.